The number of aliphatic hydroxyl groups excluding tert-OH is 1. The van der Waals surface area contributed by atoms with E-state index in [1.54, 1.807) is 6.92 Å². The van der Waals surface area contributed by atoms with Crippen LogP contribution in [0.2, 0.25) is 0 Å². The van der Waals surface area contributed by atoms with Crippen LogP contribution >= 0.6 is 0 Å². The first-order valence-electron chi connectivity index (χ1n) is 15.5. The van der Waals surface area contributed by atoms with Crippen LogP contribution in [0.1, 0.15) is 57.9 Å². The summed E-state index contributed by atoms with van der Waals surface area (Å²) in [7, 11) is 1.35. The number of ether oxygens (including phenoxy) is 1. The monoisotopic (exact) mass is 630 g/mol. The minimum atomic E-state index is -1.45. The third-order valence-corrected chi connectivity index (χ3v) is 7.99. The van der Waals surface area contributed by atoms with Crippen LogP contribution in [0.15, 0.2) is 30.3 Å². The first kappa shape index (κ1) is 35.4. The number of rotatable bonds is 7. The van der Waals surface area contributed by atoms with Crippen molar-refractivity contribution >= 4 is 35.4 Å². The maximum absolute atomic E-state index is 13.9. The van der Waals surface area contributed by atoms with Crippen LogP contribution in [0.3, 0.4) is 0 Å². The lowest BCUT2D eigenvalue weighted by molar-refractivity contribution is -0.142. The normalized spacial score (nSPS) is 26.6. The second-order valence-corrected chi connectivity index (χ2v) is 11.5. The van der Waals surface area contributed by atoms with Crippen LogP contribution in [0.25, 0.3) is 0 Å². The number of aliphatic hydroxyl groups is 1. The van der Waals surface area contributed by atoms with E-state index >= 15 is 0 Å². The summed E-state index contributed by atoms with van der Waals surface area (Å²) in [6.07, 6.45) is 1.18. The van der Waals surface area contributed by atoms with Gasteiger partial charge in [-0.25, -0.2) is 0 Å². The summed E-state index contributed by atoms with van der Waals surface area (Å²) in [5, 5.41) is 23.9. The van der Waals surface area contributed by atoms with Crippen molar-refractivity contribution < 1.29 is 38.6 Å². The van der Waals surface area contributed by atoms with E-state index in [9.17, 15) is 33.9 Å². The van der Waals surface area contributed by atoms with Crippen molar-refractivity contribution in [2.45, 2.75) is 95.1 Å². The minimum absolute atomic E-state index is 0.126. The number of fused-ring (bicyclic) bond motifs is 1. The van der Waals surface area contributed by atoms with Crippen molar-refractivity contribution in [3.05, 3.63) is 35.9 Å². The largest absolute Gasteiger partial charge is 0.391 e. The zero-order chi connectivity index (χ0) is 32.9. The Balaban J connectivity index is 1.92. The average molecular weight is 631 g/mol. The van der Waals surface area contributed by atoms with Gasteiger partial charge in [-0.15, -0.1) is 0 Å². The molecule has 248 valence electrons. The topological polar surface area (TPSA) is 195 Å². The van der Waals surface area contributed by atoms with E-state index in [-0.39, 0.29) is 38.3 Å². The average Bonchev–Trinajstić information content (AvgIpc) is 3.51. The first-order valence-corrected chi connectivity index (χ1v) is 15.5. The Morgan fingerprint density at radius 2 is 1.67 bits per heavy atom. The molecule has 2 aliphatic heterocycles. The highest BCUT2D eigenvalue weighted by Gasteiger charge is 2.39. The van der Waals surface area contributed by atoms with Crippen molar-refractivity contribution in [1.29, 1.82) is 0 Å². The van der Waals surface area contributed by atoms with Gasteiger partial charge in [0, 0.05) is 26.6 Å². The number of hydrogen-bond donors (Lipinski definition) is 6. The van der Waals surface area contributed by atoms with Gasteiger partial charge in [-0.2, -0.15) is 0 Å². The molecule has 6 atom stereocenters. The molecule has 45 heavy (non-hydrogen) atoms. The van der Waals surface area contributed by atoms with E-state index < -0.39 is 65.8 Å². The molecule has 14 nitrogen and oxygen atoms in total. The summed E-state index contributed by atoms with van der Waals surface area (Å²) in [6.45, 7) is 3.36. The van der Waals surface area contributed by atoms with E-state index in [0.29, 0.717) is 32.2 Å². The Bertz CT molecular complexity index is 1200. The Kier molecular flexibility index (Phi) is 13.7. The lowest BCUT2D eigenvalue weighted by atomic mass is 10.0. The van der Waals surface area contributed by atoms with Gasteiger partial charge in [-0.1, -0.05) is 37.3 Å². The van der Waals surface area contributed by atoms with Gasteiger partial charge in [0.1, 0.15) is 36.8 Å². The number of amides is 6. The molecule has 0 saturated carbocycles. The number of nitrogens with zero attached hydrogens (tertiary/aromatic N) is 1. The fraction of sp³-hybridized carbons (Fsp3) is 0.613. The van der Waals surface area contributed by atoms with Gasteiger partial charge in [0.2, 0.25) is 35.4 Å². The molecule has 0 radical (unpaired) electrons. The van der Waals surface area contributed by atoms with Crippen LogP contribution in [0, 0.1) is 0 Å². The fourth-order valence-corrected chi connectivity index (χ4v) is 5.54. The standard InChI is InChI=1S/C31H46N6O8/c1-4-21-27(40)36-26(19(2)38)30(43)35-23(17-20-11-6-5-7-12-20)31(44)37-16-10-14-24(37)29(42)32-15-9-8-13-22(28(41)34-21)33-25(39)18-45-3/h5-7,11-12,19,21-24,26,38H,4,8-10,13-18H2,1-3H3,(H,32,42)(H,33,39)(H,34,41)(H,35,43)(H,36,40)/t19-,21+,22+,23-,24+,26+/m1/s1. The molecular formula is C31H46N6O8. The van der Waals surface area contributed by atoms with Crippen LogP contribution in [-0.2, 0) is 39.9 Å². The summed E-state index contributed by atoms with van der Waals surface area (Å²) in [4.78, 5) is 80.9. The Hall–Kier alpha value is -4.04. The molecule has 1 aromatic rings. The maximum atomic E-state index is 13.9. The molecule has 0 unspecified atom stereocenters. The van der Waals surface area contributed by atoms with Gasteiger partial charge in [-0.05, 0) is 51.0 Å². The highest BCUT2D eigenvalue weighted by molar-refractivity contribution is 5.97. The predicted octanol–water partition coefficient (Wildman–Crippen LogP) is -1.10. The van der Waals surface area contributed by atoms with E-state index in [1.165, 1.54) is 18.9 Å². The minimum Gasteiger partial charge on any atom is -0.391 e. The predicted molar refractivity (Wildman–Crippen MR) is 163 cm³/mol. The zero-order valence-electron chi connectivity index (χ0n) is 26.2. The van der Waals surface area contributed by atoms with Crippen LogP contribution in [0.5, 0.6) is 0 Å². The highest BCUT2D eigenvalue weighted by atomic mass is 16.5. The first-order chi connectivity index (χ1) is 21.5. The molecule has 2 heterocycles. The second kappa shape index (κ2) is 17.4. The summed E-state index contributed by atoms with van der Waals surface area (Å²) < 4.78 is 4.86. The van der Waals surface area contributed by atoms with Crippen molar-refractivity contribution in [3.63, 3.8) is 0 Å². The lowest BCUT2D eigenvalue weighted by Gasteiger charge is -2.30. The molecule has 1 aromatic carbocycles. The van der Waals surface area contributed by atoms with Gasteiger partial charge >= 0.3 is 0 Å². The molecule has 0 bridgehead atoms. The fourth-order valence-electron chi connectivity index (χ4n) is 5.54. The lowest BCUT2D eigenvalue weighted by Crippen LogP contribution is -2.61. The molecule has 6 N–H and O–H groups in total. The van der Waals surface area contributed by atoms with Crippen LogP contribution in [-0.4, -0.2) is 109 Å². The van der Waals surface area contributed by atoms with Crippen molar-refractivity contribution in [2.24, 2.45) is 0 Å². The highest BCUT2D eigenvalue weighted by Crippen LogP contribution is 2.20. The van der Waals surface area contributed by atoms with E-state index in [0.717, 1.165) is 5.56 Å². The number of methoxy groups -OCH3 is 1. The summed E-state index contributed by atoms with van der Waals surface area (Å²) >= 11 is 0. The Morgan fingerprint density at radius 1 is 0.956 bits per heavy atom. The maximum Gasteiger partial charge on any atom is 0.246 e. The molecule has 2 fully saturated rings. The SMILES string of the molecule is CC[C@@H]1NC(=O)[C@@H](NC(=O)COC)CCCCNC(=O)[C@@H]2CCCN2C(=O)[C@@H](Cc2ccccc2)NC(=O)[C@H]([C@@H](C)O)NC1=O. The molecule has 0 spiro atoms. The quantitative estimate of drug-likeness (QED) is 0.218. The third kappa shape index (κ3) is 10.2. The van der Waals surface area contributed by atoms with Crippen LogP contribution < -0.4 is 26.6 Å². The van der Waals surface area contributed by atoms with Gasteiger partial charge in [0.05, 0.1) is 6.10 Å². The molecule has 2 saturated heterocycles. The molecule has 14 heteroatoms. The number of nitrogens with one attached hydrogen (secondary N) is 5. The summed E-state index contributed by atoms with van der Waals surface area (Å²) in [6, 6.07) is 3.76. The van der Waals surface area contributed by atoms with Gasteiger partial charge in [0.25, 0.3) is 0 Å². The molecule has 2 aliphatic rings. The molecule has 3 rings (SSSR count). The third-order valence-electron chi connectivity index (χ3n) is 7.99. The van der Waals surface area contributed by atoms with E-state index in [1.807, 2.05) is 30.3 Å². The van der Waals surface area contributed by atoms with Gasteiger partial charge < -0.3 is 41.3 Å². The number of hydrogen-bond acceptors (Lipinski definition) is 8. The molecular weight excluding hydrogens is 584 g/mol. The van der Waals surface area contributed by atoms with E-state index in [2.05, 4.69) is 26.6 Å². The van der Waals surface area contributed by atoms with E-state index in [4.69, 9.17) is 4.74 Å². The van der Waals surface area contributed by atoms with Crippen molar-refractivity contribution in [3.8, 4) is 0 Å². The Labute approximate surface area is 263 Å². The number of carbonyl (C=O) groups excluding carboxylic acids is 6. The summed E-state index contributed by atoms with van der Waals surface area (Å²) in [5.41, 5.74) is 0.772. The number of benzene rings is 1. The summed E-state index contributed by atoms with van der Waals surface area (Å²) in [5.74, 6) is -3.37. The number of carbonyl (C=O) groups is 6. The Morgan fingerprint density at radius 3 is 2.33 bits per heavy atom. The molecule has 0 aliphatic carbocycles. The smallest absolute Gasteiger partial charge is 0.246 e. The molecule has 0 aromatic heterocycles. The van der Waals surface area contributed by atoms with Crippen LogP contribution in [0.4, 0.5) is 0 Å². The van der Waals surface area contributed by atoms with Gasteiger partial charge in [0.15, 0.2) is 0 Å². The second-order valence-electron chi connectivity index (χ2n) is 11.5. The van der Waals surface area contributed by atoms with Crippen molar-refractivity contribution in [1.82, 2.24) is 31.5 Å². The molecule has 6 amide bonds. The van der Waals surface area contributed by atoms with Crippen molar-refractivity contribution in [2.75, 3.05) is 26.8 Å². The zero-order valence-corrected chi connectivity index (χ0v) is 26.2. The van der Waals surface area contributed by atoms with Gasteiger partial charge in [-0.3, -0.25) is 28.8 Å².